The summed E-state index contributed by atoms with van der Waals surface area (Å²) in [6.45, 7) is 4.02. The molecule has 0 amide bonds. The summed E-state index contributed by atoms with van der Waals surface area (Å²) in [5.74, 6) is 2.57. The third-order valence-electron chi connectivity index (χ3n) is 7.51. The number of benzene rings is 2. The van der Waals surface area contributed by atoms with Crippen molar-refractivity contribution in [2.24, 2.45) is 0 Å². The van der Waals surface area contributed by atoms with Gasteiger partial charge in [-0.3, -0.25) is 0 Å². The first kappa shape index (κ1) is 24.5. The highest BCUT2D eigenvalue weighted by molar-refractivity contribution is 7.80. The molecule has 2 heterocycles. The zero-order valence-corrected chi connectivity index (χ0v) is 21.8. The number of rotatable bonds is 7. The van der Waals surface area contributed by atoms with Crippen LogP contribution < -0.4 is 20.3 Å². The number of para-hydroxylation sites is 1. The van der Waals surface area contributed by atoms with Crippen LogP contribution in [0.1, 0.15) is 57.4 Å². The number of piperidine rings is 1. The number of hydrogen-bond donors (Lipinski definition) is 2. The van der Waals surface area contributed by atoms with Gasteiger partial charge in [-0.05, 0) is 68.9 Å². The first-order valence-corrected chi connectivity index (χ1v) is 13.5. The molecule has 0 radical (unpaired) electrons. The Kier molecular flexibility index (Phi) is 7.66. The van der Waals surface area contributed by atoms with Crippen molar-refractivity contribution in [3.8, 4) is 11.6 Å². The van der Waals surface area contributed by atoms with Crippen LogP contribution in [0.4, 0.5) is 11.8 Å². The first-order valence-electron chi connectivity index (χ1n) is 13.1. The Morgan fingerprint density at radius 3 is 2.44 bits per heavy atom. The van der Waals surface area contributed by atoms with Gasteiger partial charge in [0.15, 0.2) is 5.11 Å². The number of thiocarbonyl (C=S) groups is 1. The molecule has 0 spiro atoms. The van der Waals surface area contributed by atoms with E-state index < -0.39 is 0 Å². The molecular weight excluding hydrogens is 466 g/mol. The molecule has 1 atom stereocenters. The maximum Gasteiger partial charge on any atom is 0.234 e. The molecule has 1 aromatic heterocycles. The monoisotopic (exact) mass is 501 g/mol. The number of hydrogen-bond acceptors (Lipinski definition) is 5. The largest absolute Gasteiger partial charge is 0.439 e. The maximum atomic E-state index is 6.10. The SMILES string of the molecule is CC1CCCCN1c1cc(Oc2ccccc2)nc(NC(=S)NCC2(c3ccccc3)CCCC2)n1. The smallest absolute Gasteiger partial charge is 0.234 e. The summed E-state index contributed by atoms with van der Waals surface area (Å²) in [6.07, 6.45) is 8.39. The van der Waals surface area contributed by atoms with Gasteiger partial charge in [0.2, 0.25) is 11.8 Å². The molecule has 1 saturated heterocycles. The highest BCUT2D eigenvalue weighted by Gasteiger charge is 2.35. The van der Waals surface area contributed by atoms with E-state index in [1.165, 1.54) is 37.7 Å². The van der Waals surface area contributed by atoms with Gasteiger partial charge in [-0.15, -0.1) is 0 Å². The molecule has 2 fully saturated rings. The van der Waals surface area contributed by atoms with Gasteiger partial charge in [-0.25, -0.2) is 0 Å². The Morgan fingerprint density at radius 2 is 1.72 bits per heavy atom. The van der Waals surface area contributed by atoms with Crippen LogP contribution in [0.5, 0.6) is 11.6 Å². The number of ether oxygens (including phenoxy) is 1. The molecular formula is C29H35N5OS. The minimum atomic E-state index is 0.112. The van der Waals surface area contributed by atoms with Gasteiger partial charge in [-0.2, -0.15) is 9.97 Å². The number of anilines is 2. The number of aromatic nitrogens is 2. The molecule has 188 valence electrons. The summed E-state index contributed by atoms with van der Waals surface area (Å²) in [5.41, 5.74) is 1.49. The van der Waals surface area contributed by atoms with Crippen molar-refractivity contribution in [3.05, 3.63) is 72.3 Å². The van der Waals surface area contributed by atoms with E-state index in [2.05, 4.69) is 57.8 Å². The molecule has 1 aliphatic carbocycles. The van der Waals surface area contributed by atoms with E-state index >= 15 is 0 Å². The van der Waals surface area contributed by atoms with Gasteiger partial charge in [0.1, 0.15) is 11.6 Å². The molecule has 6 nitrogen and oxygen atoms in total. The third kappa shape index (κ3) is 5.78. The quantitative estimate of drug-likeness (QED) is 0.361. The van der Waals surface area contributed by atoms with Gasteiger partial charge >= 0.3 is 0 Å². The van der Waals surface area contributed by atoms with Crippen LogP contribution in [-0.4, -0.2) is 34.2 Å². The van der Waals surface area contributed by atoms with E-state index in [0.29, 0.717) is 23.0 Å². The van der Waals surface area contributed by atoms with Crippen molar-refractivity contribution in [3.63, 3.8) is 0 Å². The predicted molar refractivity (Wildman–Crippen MR) is 150 cm³/mol. The van der Waals surface area contributed by atoms with Crippen LogP contribution in [0.2, 0.25) is 0 Å². The lowest BCUT2D eigenvalue weighted by atomic mass is 9.79. The Balaban J connectivity index is 1.33. The third-order valence-corrected chi connectivity index (χ3v) is 7.76. The Morgan fingerprint density at radius 1 is 1.00 bits per heavy atom. The second-order valence-electron chi connectivity index (χ2n) is 10.0. The number of nitrogens with zero attached hydrogens (tertiary/aromatic N) is 3. The molecule has 0 bridgehead atoms. The molecule has 1 aliphatic heterocycles. The van der Waals surface area contributed by atoms with Crippen molar-refractivity contribution < 1.29 is 4.74 Å². The van der Waals surface area contributed by atoms with E-state index in [-0.39, 0.29) is 5.41 Å². The lowest BCUT2D eigenvalue weighted by Crippen LogP contribution is -2.41. The molecule has 1 saturated carbocycles. The molecule has 2 aliphatic rings. The van der Waals surface area contributed by atoms with Crippen LogP contribution in [0.15, 0.2) is 66.7 Å². The van der Waals surface area contributed by atoms with Crippen molar-refractivity contribution >= 4 is 29.1 Å². The van der Waals surface area contributed by atoms with E-state index in [4.69, 9.17) is 21.9 Å². The van der Waals surface area contributed by atoms with E-state index in [0.717, 1.165) is 37.5 Å². The van der Waals surface area contributed by atoms with Gasteiger partial charge in [0.05, 0.1) is 0 Å². The molecule has 5 rings (SSSR count). The number of nitrogens with one attached hydrogen (secondary N) is 2. The van der Waals surface area contributed by atoms with Crippen molar-refractivity contribution in [1.29, 1.82) is 0 Å². The van der Waals surface area contributed by atoms with Crippen LogP contribution in [0, 0.1) is 0 Å². The van der Waals surface area contributed by atoms with E-state index in [1.54, 1.807) is 0 Å². The minimum absolute atomic E-state index is 0.112. The summed E-state index contributed by atoms with van der Waals surface area (Å²) < 4.78 is 6.10. The maximum absolute atomic E-state index is 6.10. The van der Waals surface area contributed by atoms with E-state index in [9.17, 15) is 0 Å². The fourth-order valence-corrected chi connectivity index (χ4v) is 5.69. The van der Waals surface area contributed by atoms with Crippen molar-refractivity contribution in [2.75, 3.05) is 23.3 Å². The average molecular weight is 502 g/mol. The standard InChI is InChI=1S/C29H35N5OS/c1-22-12-8-11-19-34(22)25-20-26(35-24-15-6-3-7-16-24)32-27(31-25)33-28(36)30-21-29(17-9-10-18-29)23-13-4-2-5-14-23/h2-7,13-16,20,22H,8-12,17-19,21H2,1H3,(H2,30,31,32,33,36). The van der Waals surface area contributed by atoms with Crippen LogP contribution in [0.3, 0.4) is 0 Å². The second-order valence-corrected chi connectivity index (χ2v) is 10.4. The highest BCUT2D eigenvalue weighted by Crippen LogP contribution is 2.40. The Bertz CT molecular complexity index is 1150. The minimum Gasteiger partial charge on any atom is -0.439 e. The highest BCUT2D eigenvalue weighted by atomic mass is 32.1. The van der Waals surface area contributed by atoms with Gasteiger partial charge in [0.25, 0.3) is 0 Å². The molecule has 2 N–H and O–H groups in total. The fourth-order valence-electron chi connectivity index (χ4n) is 5.52. The topological polar surface area (TPSA) is 62.3 Å². The predicted octanol–water partition coefficient (Wildman–Crippen LogP) is 6.45. The molecule has 36 heavy (non-hydrogen) atoms. The van der Waals surface area contributed by atoms with Gasteiger partial charge in [-0.1, -0.05) is 61.4 Å². The second kappa shape index (κ2) is 11.2. The van der Waals surface area contributed by atoms with Crippen LogP contribution in [-0.2, 0) is 5.41 Å². The summed E-state index contributed by atoms with van der Waals surface area (Å²) in [4.78, 5) is 11.8. The first-order chi connectivity index (χ1) is 17.6. The summed E-state index contributed by atoms with van der Waals surface area (Å²) in [5, 5.41) is 7.26. The summed E-state index contributed by atoms with van der Waals surface area (Å²) >= 11 is 5.71. The molecule has 2 aromatic carbocycles. The lowest BCUT2D eigenvalue weighted by Gasteiger charge is -2.34. The zero-order chi connectivity index (χ0) is 24.8. The summed E-state index contributed by atoms with van der Waals surface area (Å²) in [7, 11) is 0. The van der Waals surface area contributed by atoms with Crippen LogP contribution >= 0.6 is 12.2 Å². The fraction of sp³-hybridized carbons (Fsp3) is 0.414. The van der Waals surface area contributed by atoms with Crippen molar-refractivity contribution in [1.82, 2.24) is 15.3 Å². The van der Waals surface area contributed by atoms with Gasteiger partial charge < -0.3 is 20.3 Å². The molecule has 1 unspecified atom stereocenters. The molecule has 7 heteroatoms. The normalized spacial score (nSPS) is 19.0. The summed E-state index contributed by atoms with van der Waals surface area (Å²) in [6, 6.07) is 22.9. The van der Waals surface area contributed by atoms with Crippen LogP contribution in [0.25, 0.3) is 0 Å². The lowest BCUT2D eigenvalue weighted by molar-refractivity contribution is 0.435. The molecule has 3 aromatic rings. The van der Waals surface area contributed by atoms with Crippen molar-refractivity contribution in [2.45, 2.75) is 63.3 Å². The zero-order valence-electron chi connectivity index (χ0n) is 21.0. The Hall–Kier alpha value is -3.19. The average Bonchev–Trinajstić information content (AvgIpc) is 3.39. The van der Waals surface area contributed by atoms with E-state index in [1.807, 2.05) is 36.4 Å². The Labute approximate surface area is 219 Å². The van der Waals surface area contributed by atoms with Gasteiger partial charge in [0, 0.05) is 30.6 Å².